The number of esters is 2. The van der Waals surface area contributed by atoms with Crippen molar-refractivity contribution >= 4 is 17.6 Å². The van der Waals surface area contributed by atoms with Gasteiger partial charge in [-0.1, -0.05) is 6.07 Å². The summed E-state index contributed by atoms with van der Waals surface area (Å²) in [7, 11) is 3.60. The van der Waals surface area contributed by atoms with Crippen molar-refractivity contribution in [3.63, 3.8) is 0 Å². The Hall–Kier alpha value is -2.57. The molecule has 0 fully saturated rings. The van der Waals surface area contributed by atoms with E-state index in [4.69, 9.17) is 4.74 Å². The molecule has 7 heteroatoms. The molecule has 0 heterocycles. The second-order valence-corrected chi connectivity index (χ2v) is 3.52. The molecule has 0 aliphatic carbocycles. The fraction of sp³-hybridized carbons (Fsp3) is 0.231. The predicted molar refractivity (Wildman–Crippen MR) is 68.7 cm³/mol. The Balaban J connectivity index is 3.11. The smallest absolute Gasteiger partial charge is 0.354 e. The lowest BCUT2D eigenvalue weighted by Crippen LogP contribution is -2.16. The number of carbonyl (C=O) groups is 2. The van der Waals surface area contributed by atoms with Gasteiger partial charge in [0.05, 0.1) is 33.1 Å². The SMILES string of the molecule is COC(=O)/C=C(/Nc1cccc(OC)c1F)C(=O)OC. The summed E-state index contributed by atoms with van der Waals surface area (Å²) < 4.78 is 27.7. The van der Waals surface area contributed by atoms with E-state index in [1.54, 1.807) is 0 Å². The van der Waals surface area contributed by atoms with Crippen LogP contribution in [0.1, 0.15) is 0 Å². The Morgan fingerprint density at radius 1 is 1.20 bits per heavy atom. The lowest BCUT2D eigenvalue weighted by atomic mass is 10.2. The minimum atomic E-state index is -0.836. The molecule has 0 saturated heterocycles. The standard InChI is InChI=1S/C13H14FNO5/c1-18-10-6-4-5-8(12(10)14)15-9(13(17)20-3)7-11(16)19-2/h4-7,15H,1-3H3/b9-7+. The summed E-state index contributed by atoms with van der Waals surface area (Å²) >= 11 is 0. The van der Waals surface area contributed by atoms with Gasteiger partial charge in [-0.3, -0.25) is 0 Å². The highest BCUT2D eigenvalue weighted by Crippen LogP contribution is 2.25. The van der Waals surface area contributed by atoms with Gasteiger partial charge in [-0.05, 0) is 12.1 Å². The second-order valence-electron chi connectivity index (χ2n) is 3.52. The van der Waals surface area contributed by atoms with Crippen LogP contribution in [0.2, 0.25) is 0 Å². The van der Waals surface area contributed by atoms with Gasteiger partial charge in [-0.15, -0.1) is 0 Å². The van der Waals surface area contributed by atoms with E-state index in [1.165, 1.54) is 25.3 Å². The van der Waals surface area contributed by atoms with Crippen LogP contribution < -0.4 is 10.1 Å². The van der Waals surface area contributed by atoms with Crippen LogP contribution in [0.15, 0.2) is 30.0 Å². The quantitative estimate of drug-likeness (QED) is 0.651. The molecule has 1 N–H and O–H groups in total. The van der Waals surface area contributed by atoms with Crippen molar-refractivity contribution in [1.82, 2.24) is 0 Å². The molecule has 0 radical (unpaired) electrons. The third kappa shape index (κ3) is 3.71. The monoisotopic (exact) mass is 283 g/mol. The number of halogens is 1. The summed E-state index contributed by atoms with van der Waals surface area (Å²) in [5.41, 5.74) is -0.295. The molecule has 6 nitrogen and oxygen atoms in total. The summed E-state index contributed by atoms with van der Waals surface area (Å²) in [6, 6.07) is 4.32. The number of nitrogens with one attached hydrogen (secondary N) is 1. The molecule has 108 valence electrons. The first-order valence-electron chi connectivity index (χ1n) is 5.51. The van der Waals surface area contributed by atoms with Crippen LogP contribution in [0.4, 0.5) is 10.1 Å². The second kappa shape index (κ2) is 7.13. The number of rotatable bonds is 5. The van der Waals surface area contributed by atoms with Gasteiger partial charge >= 0.3 is 11.9 Å². The summed E-state index contributed by atoms with van der Waals surface area (Å²) in [6.07, 6.45) is 0.866. The van der Waals surface area contributed by atoms with E-state index in [0.717, 1.165) is 20.3 Å². The van der Waals surface area contributed by atoms with Crippen LogP contribution in [0.3, 0.4) is 0 Å². The maximum atomic E-state index is 13.9. The predicted octanol–water partition coefficient (Wildman–Crippen LogP) is 1.48. The van der Waals surface area contributed by atoms with E-state index >= 15 is 0 Å². The number of anilines is 1. The third-order valence-electron chi connectivity index (χ3n) is 2.32. The maximum Gasteiger partial charge on any atom is 0.354 e. The van der Waals surface area contributed by atoms with Gasteiger partial charge < -0.3 is 19.5 Å². The van der Waals surface area contributed by atoms with E-state index in [9.17, 15) is 14.0 Å². The van der Waals surface area contributed by atoms with Crippen LogP contribution in [0.5, 0.6) is 5.75 Å². The first-order valence-corrected chi connectivity index (χ1v) is 5.51. The zero-order chi connectivity index (χ0) is 15.1. The van der Waals surface area contributed by atoms with E-state index < -0.39 is 17.8 Å². The Bertz CT molecular complexity index is 542. The van der Waals surface area contributed by atoms with E-state index in [0.29, 0.717) is 0 Å². The molecule has 1 aromatic carbocycles. The molecule has 0 aromatic heterocycles. The lowest BCUT2D eigenvalue weighted by molar-refractivity contribution is -0.138. The number of benzene rings is 1. The Labute approximate surface area is 115 Å². The van der Waals surface area contributed by atoms with Crippen LogP contribution in [-0.4, -0.2) is 33.3 Å². The maximum absolute atomic E-state index is 13.9. The highest BCUT2D eigenvalue weighted by molar-refractivity contribution is 5.98. The lowest BCUT2D eigenvalue weighted by Gasteiger charge is -2.11. The molecule has 1 rings (SSSR count). The number of hydrogen-bond donors (Lipinski definition) is 1. The Morgan fingerprint density at radius 2 is 1.90 bits per heavy atom. The Kier molecular flexibility index (Phi) is 5.52. The van der Waals surface area contributed by atoms with Gasteiger partial charge in [0.2, 0.25) is 0 Å². The van der Waals surface area contributed by atoms with E-state index in [2.05, 4.69) is 14.8 Å². The van der Waals surface area contributed by atoms with Gasteiger partial charge in [0.25, 0.3) is 0 Å². The summed E-state index contributed by atoms with van der Waals surface area (Å²) in [5.74, 6) is -2.31. The van der Waals surface area contributed by atoms with Crippen molar-refractivity contribution in [2.45, 2.75) is 0 Å². The molecule has 0 atom stereocenters. The number of ether oxygens (including phenoxy) is 3. The minimum absolute atomic E-state index is 0.00251. The average molecular weight is 283 g/mol. The van der Waals surface area contributed by atoms with Crippen molar-refractivity contribution in [3.8, 4) is 5.75 Å². The minimum Gasteiger partial charge on any atom is -0.494 e. The van der Waals surface area contributed by atoms with Gasteiger partial charge in [-0.25, -0.2) is 14.0 Å². The van der Waals surface area contributed by atoms with Crippen LogP contribution in [-0.2, 0) is 19.1 Å². The molecule has 0 saturated carbocycles. The molecule has 0 aliphatic heterocycles. The summed E-state index contributed by atoms with van der Waals surface area (Å²) in [4.78, 5) is 22.7. The van der Waals surface area contributed by atoms with Gasteiger partial charge in [0.15, 0.2) is 11.6 Å². The Morgan fingerprint density at radius 3 is 2.45 bits per heavy atom. The summed E-state index contributed by atoms with van der Waals surface area (Å²) in [6.45, 7) is 0. The number of hydrogen-bond acceptors (Lipinski definition) is 6. The van der Waals surface area contributed by atoms with Crippen molar-refractivity contribution in [3.05, 3.63) is 35.8 Å². The van der Waals surface area contributed by atoms with E-state index in [-0.39, 0.29) is 17.1 Å². The number of carbonyl (C=O) groups excluding carboxylic acids is 2. The van der Waals surface area contributed by atoms with Gasteiger partial charge in [0, 0.05) is 0 Å². The van der Waals surface area contributed by atoms with Crippen LogP contribution in [0.25, 0.3) is 0 Å². The molecule has 1 aromatic rings. The molecule has 0 aliphatic rings. The van der Waals surface area contributed by atoms with Crippen molar-refractivity contribution in [2.24, 2.45) is 0 Å². The van der Waals surface area contributed by atoms with Gasteiger partial charge in [0.1, 0.15) is 5.70 Å². The molecule has 0 unspecified atom stereocenters. The zero-order valence-electron chi connectivity index (χ0n) is 11.2. The fourth-order valence-electron chi connectivity index (χ4n) is 1.34. The molecule has 0 bridgehead atoms. The first kappa shape index (κ1) is 15.5. The zero-order valence-corrected chi connectivity index (χ0v) is 11.2. The normalized spacial score (nSPS) is 10.7. The molecule has 0 spiro atoms. The topological polar surface area (TPSA) is 73.9 Å². The summed E-state index contributed by atoms with van der Waals surface area (Å²) in [5, 5.41) is 2.47. The highest BCUT2D eigenvalue weighted by Gasteiger charge is 2.16. The fourth-order valence-corrected chi connectivity index (χ4v) is 1.34. The highest BCUT2D eigenvalue weighted by atomic mass is 19.1. The van der Waals surface area contributed by atoms with Gasteiger partial charge in [-0.2, -0.15) is 0 Å². The van der Waals surface area contributed by atoms with Crippen LogP contribution >= 0.6 is 0 Å². The third-order valence-corrected chi connectivity index (χ3v) is 2.32. The molecule has 20 heavy (non-hydrogen) atoms. The van der Waals surface area contributed by atoms with Crippen LogP contribution in [0, 0.1) is 5.82 Å². The largest absolute Gasteiger partial charge is 0.494 e. The molecular weight excluding hydrogens is 269 g/mol. The van der Waals surface area contributed by atoms with Crippen molar-refractivity contribution < 1.29 is 28.2 Å². The van der Waals surface area contributed by atoms with Crippen molar-refractivity contribution in [2.75, 3.05) is 26.6 Å². The number of methoxy groups -OCH3 is 3. The molecule has 0 amide bonds. The van der Waals surface area contributed by atoms with Crippen molar-refractivity contribution in [1.29, 1.82) is 0 Å². The van der Waals surface area contributed by atoms with E-state index in [1.807, 2.05) is 0 Å². The first-order chi connectivity index (χ1) is 9.53. The molecular formula is C13H14FNO5. The average Bonchev–Trinajstić information content (AvgIpc) is 2.47.